The predicted molar refractivity (Wildman–Crippen MR) is 102 cm³/mol. The van der Waals surface area contributed by atoms with Crippen molar-refractivity contribution in [1.29, 1.82) is 0 Å². The quantitative estimate of drug-likeness (QED) is 0.745. The van der Waals surface area contributed by atoms with Crippen LogP contribution in [0.3, 0.4) is 0 Å². The fourth-order valence-electron chi connectivity index (χ4n) is 2.71. The van der Waals surface area contributed by atoms with E-state index in [0.717, 1.165) is 17.3 Å². The monoisotopic (exact) mass is 451 g/mol. The van der Waals surface area contributed by atoms with Gasteiger partial charge in [0.05, 0.1) is 5.02 Å². The van der Waals surface area contributed by atoms with Crippen molar-refractivity contribution >= 4 is 43.6 Å². The summed E-state index contributed by atoms with van der Waals surface area (Å²) < 4.78 is 27.6. The molecule has 9 heteroatoms. The molecule has 140 valence electrons. The number of piperazine rings is 1. The molecule has 0 unspecified atom stereocenters. The summed E-state index contributed by atoms with van der Waals surface area (Å²) in [7, 11) is -3.67. The highest BCUT2D eigenvalue weighted by atomic mass is 79.9. The molecule has 25 heavy (non-hydrogen) atoms. The first-order valence-corrected chi connectivity index (χ1v) is 10.9. The topological polar surface area (TPSA) is 69.7 Å². The molecule has 1 N–H and O–H groups in total. The second-order valence-electron chi connectivity index (χ2n) is 5.93. The number of nitrogens with one attached hydrogen (secondary N) is 1. The molecule has 6 nitrogen and oxygen atoms in total. The van der Waals surface area contributed by atoms with Gasteiger partial charge in [-0.3, -0.25) is 0 Å². The molecule has 1 saturated heterocycles. The van der Waals surface area contributed by atoms with E-state index in [2.05, 4.69) is 21.2 Å². The van der Waals surface area contributed by atoms with E-state index in [-0.39, 0.29) is 35.1 Å². The van der Waals surface area contributed by atoms with Gasteiger partial charge in [0.1, 0.15) is 4.90 Å². The molecular weight excluding hydrogens is 430 g/mol. The summed E-state index contributed by atoms with van der Waals surface area (Å²) in [6.07, 6.45) is 1.75. The Kier molecular flexibility index (Phi) is 7.13. The lowest BCUT2D eigenvalue weighted by atomic mass is 10.2. The molecule has 1 fully saturated rings. The van der Waals surface area contributed by atoms with Crippen LogP contribution in [0.25, 0.3) is 0 Å². The van der Waals surface area contributed by atoms with E-state index in [1.165, 1.54) is 10.4 Å². The fraction of sp³-hybridized carbons (Fsp3) is 0.562. The molecule has 1 heterocycles. The predicted octanol–water partition coefficient (Wildman–Crippen LogP) is 3.31. The van der Waals surface area contributed by atoms with Crippen LogP contribution in [0.5, 0.6) is 0 Å². The van der Waals surface area contributed by atoms with E-state index in [4.69, 9.17) is 11.6 Å². The minimum absolute atomic E-state index is 0.0901. The summed E-state index contributed by atoms with van der Waals surface area (Å²) in [5.74, 6) is 0. The molecular formula is C16H23BrClN3O3S. The highest BCUT2D eigenvalue weighted by molar-refractivity contribution is 9.10. The SMILES string of the molecule is CCC(CC)NC(=O)N1CCN(S(=O)(=O)c2ccc(Br)cc2Cl)CC1. The molecule has 1 aliphatic heterocycles. The minimum Gasteiger partial charge on any atom is -0.335 e. The second-order valence-corrected chi connectivity index (χ2v) is 9.16. The first kappa shape index (κ1) is 20.5. The summed E-state index contributed by atoms with van der Waals surface area (Å²) in [5, 5.41) is 3.16. The van der Waals surface area contributed by atoms with Gasteiger partial charge in [-0.15, -0.1) is 0 Å². The molecule has 0 bridgehead atoms. The van der Waals surface area contributed by atoms with Gasteiger partial charge in [-0.05, 0) is 31.0 Å². The van der Waals surface area contributed by atoms with Gasteiger partial charge < -0.3 is 10.2 Å². The fourth-order valence-corrected chi connectivity index (χ4v) is 5.15. The minimum atomic E-state index is -3.67. The number of carbonyl (C=O) groups excluding carboxylic acids is 1. The molecule has 0 aliphatic carbocycles. The Morgan fingerprint density at radius 2 is 1.84 bits per heavy atom. The van der Waals surface area contributed by atoms with Crippen LogP contribution in [0.4, 0.5) is 4.79 Å². The average molecular weight is 453 g/mol. The second kappa shape index (κ2) is 8.70. The maximum atomic E-state index is 12.8. The Morgan fingerprint density at radius 1 is 1.24 bits per heavy atom. The van der Waals surface area contributed by atoms with Crippen LogP contribution in [0.15, 0.2) is 27.6 Å². The van der Waals surface area contributed by atoms with Gasteiger partial charge >= 0.3 is 6.03 Å². The van der Waals surface area contributed by atoms with Gasteiger partial charge in [0, 0.05) is 36.7 Å². The van der Waals surface area contributed by atoms with E-state index in [9.17, 15) is 13.2 Å². The number of rotatable bonds is 5. The van der Waals surface area contributed by atoms with Crippen molar-refractivity contribution in [1.82, 2.24) is 14.5 Å². The molecule has 1 aromatic carbocycles. The Balaban J connectivity index is 2.02. The molecule has 1 aromatic rings. The molecule has 0 aromatic heterocycles. The van der Waals surface area contributed by atoms with Gasteiger partial charge in [-0.1, -0.05) is 41.4 Å². The third kappa shape index (κ3) is 4.87. The summed E-state index contributed by atoms with van der Waals surface area (Å²) in [6, 6.07) is 4.73. The zero-order chi connectivity index (χ0) is 18.6. The van der Waals surface area contributed by atoms with Gasteiger partial charge in [0.25, 0.3) is 0 Å². The lowest BCUT2D eigenvalue weighted by Gasteiger charge is -2.34. The Morgan fingerprint density at radius 3 is 2.36 bits per heavy atom. The van der Waals surface area contributed by atoms with Crippen molar-refractivity contribution in [3.63, 3.8) is 0 Å². The third-order valence-electron chi connectivity index (χ3n) is 4.35. The number of hydrogen-bond donors (Lipinski definition) is 1. The molecule has 0 spiro atoms. The highest BCUT2D eigenvalue weighted by Crippen LogP contribution is 2.28. The summed E-state index contributed by atoms with van der Waals surface area (Å²) in [4.78, 5) is 14.0. The number of sulfonamides is 1. The van der Waals surface area contributed by atoms with Gasteiger partial charge in [-0.25, -0.2) is 13.2 Å². The number of nitrogens with zero attached hydrogens (tertiary/aromatic N) is 2. The van der Waals surface area contributed by atoms with Crippen molar-refractivity contribution in [3.05, 3.63) is 27.7 Å². The molecule has 2 amide bonds. The van der Waals surface area contributed by atoms with Crippen LogP contribution >= 0.6 is 27.5 Å². The van der Waals surface area contributed by atoms with E-state index in [1.807, 2.05) is 13.8 Å². The standard InChI is InChI=1S/C16H23BrClN3O3S/c1-3-13(4-2)19-16(22)20-7-9-21(10-8-20)25(23,24)15-6-5-12(17)11-14(15)18/h5-6,11,13H,3-4,7-10H2,1-2H3,(H,19,22). The molecule has 0 radical (unpaired) electrons. The molecule has 0 saturated carbocycles. The van der Waals surface area contributed by atoms with Gasteiger partial charge in [0.15, 0.2) is 0 Å². The Hall–Kier alpha value is -0.830. The van der Waals surface area contributed by atoms with Crippen LogP contribution in [0, 0.1) is 0 Å². The maximum Gasteiger partial charge on any atom is 0.317 e. The summed E-state index contributed by atoms with van der Waals surface area (Å²) in [6.45, 7) is 5.29. The van der Waals surface area contributed by atoms with Crippen molar-refractivity contribution in [2.45, 2.75) is 37.6 Å². The number of urea groups is 1. The van der Waals surface area contributed by atoms with Crippen LogP contribution in [0.2, 0.25) is 5.02 Å². The van der Waals surface area contributed by atoms with E-state index in [1.54, 1.807) is 17.0 Å². The molecule has 0 atom stereocenters. The van der Waals surface area contributed by atoms with E-state index >= 15 is 0 Å². The maximum absolute atomic E-state index is 12.8. The third-order valence-corrected chi connectivity index (χ3v) is 7.23. The van der Waals surface area contributed by atoms with Crippen molar-refractivity contribution in [2.24, 2.45) is 0 Å². The lowest BCUT2D eigenvalue weighted by molar-refractivity contribution is 0.168. The molecule has 1 aliphatic rings. The zero-order valence-corrected chi connectivity index (χ0v) is 17.5. The normalized spacial score (nSPS) is 16.3. The van der Waals surface area contributed by atoms with Crippen molar-refractivity contribution in [3.8, 4) is 0 Å². The lowest BCUT2D eigenvalue weighted by Crippen LogP contribution is -2.54. The van der Waals surface area contributed by atoms with Crippen molar-refractivity contribution in [2.75, 3.05) is 26.2 Å². The van der Waals surface area contributed by atoms with Crippen LogP contribution in [-0.4, -0.2) is 55.9 Å². The number of hydrogen-bond acceptors (Lipinski definition) is 3. The summed E-state index contributed by atoms with van der Waals surface area (Å²) in [5.41, 5.74) is 0. The highest BCUT2D eigenvalue weighted by Gasteiger charge is 2.31. The van der Waals surface area contributed by atoms with Crippen LogP contribution < -0.4 is 5.32 Å². The van der Waals surface area contributed by atoms with Crippen molar-refractivity contribution < 1.29 is 13.2 Å². The first-order chi connectivity index (χ1) is 11.8. The number of halogens is 2. The zero-order valence-electron chi connectivity index (χ0n) is 14.3. The number of amides is 2. The van der Waals surface area contributed by atoms with Crippen LogP contribution in [-0.2, 0) is 10.0 Å². The number of benzene rings is 1. The average Bonchev–Trinajstić information content (AvgIpc) is 2.59. The Labute approximate surface area is 162 Å². The smallest absolute Gasteiger partial charge is 0.317 e. The van der Waals surface area contributed by atoms with Gasteiger partial charge in [-0.2, -0.15) is 4.31 Å². The number of carbonyl (C=O) groups is 1. The largest absolute Gasteiger partial charge is 0.335 e. The first-order valence-electron chi connectivity index (χ1n) is 8.30. The Bertz CT molecular complexity index is 717. The summed E-state index contributed by atoms with van der Waals surface area (Å²) >= 11 is 9.36. The molecule has 2 rings (SSSR count). The van der Waals surface area contributed by atoms with E-state index < -0.39 is 10.0 Å². The van der Waals surface area contributed by atoms with Gasteiger partial charge in [0.2, 0.25) is 10.0 Å². The van der Waals surface area contributed by atoms with Crippen LogP contribution in [0.1, 0.15) is 26.7 Å². The van der Waals surface area contributed by atoms with E-state index in [0.29, 0.717) is 13.1 Å².